The van der Waals surface area contributed by atoms with Crippen molar-refractivity contribution in [2.45, 2.75) is 6.54 Å². The highest BCUT2D eigenvalue weighted by atomic mass is 79.9. The molecule has 0 aliphatic carbocycles. The second-order valence-corrected chi connectivity index (χ2v) is 5.56. The van der Waals surface area contributed by atoms with Crippen molar-refractivity contribution in [2.75, 3.05) is 14.2 Å². The van der Waals surface area contributed by atoms with Crippen molar-refractivity contribution >= 4 is 21.8 Å². The first-order chi connectivity index (χ1) is 10.0. The summed E-state index contributed by atoms with van der Waals surface area (Å²) in [5.41, 5.74) is 1.40. The molecule has 2 aromatic rings. The molecule has 0 aliphatic heterocycles. The molecule has 110 valence electrons. The molecular weight excluding hydrogens is 337 g/mol. The third-order valence-electron chi connectivity index (χ3n) is 3.05. The summed E-state index contributed by atoms with van der Waals surface area (Å²) < 4.78 is 19.2. The summed E-state index contributed by atoms with van der Waals surface area (Å²) >= 11 is 3.40. The molecule has 0 bridgehead atoms. The van der Waals surface area contributed by atoms with Gasteiger partial charge in [0, 0.05) is 23.6 Å². The number of carbonyl (C=O) groups is 1. The number of benzene rings is 2. The normalized spacial score (nSPS) is 10.3. The Kier molecular flexibility index (Phi) is 4.96. The number of carbonyl (C=O) groups excluding carboxylic acids is 1. The Morgan fingerprint density at radius 3 is 2.71 bits per heavy atom. The molecule has 0 N–H and O–H groups in total. The molecule has 0 saturated heterocycles. The maximum atomic E-state index is 13.4. The molecule has 2 aromatic carbocycles. The number of amides is 1. The summed E-state index contributed by atoms with van der Waals surface area (Å²) in [6.45, 7) is 0.470. The van der Waals surface area contributed by atoms with E-state index in [9.17, 15) is 9.18 Å². The number of hydrogen-bond donors (Lipinski definition) is 0. The fraction of sp³-hybridized carbons (Fsp3) is 0.188. The number of hydrogen-bond acceptors (Lipinski definition) is 2. The maximum Gasteiger partial charge on any atom is 0.254 e. The predicted octanol–water partition coefficient (Wildman–Crippen LogP) is 3.87. The molecule has 21 heavy (non-hydrogen) atoms. The van der Waals surface area contributed by atoms with Gasteiger partial charge in [-0.1, -0.05) is 28.1 Å². The quantitative estimate of drug-likeness (QED) is 0.836. The van der Waals surface area contributed by atoms with Gasteiger partial charge in [0.05, 0.1) is 7.11 Å². The first-order valence-corrected chi connectivity index (χ1v) is 7.14. The zero-order valence-electron chi connectivity index (χ0n) is 11.8. The standard InChI is InChI=1S/C16H15BrFNO2/c1-19(10-11-4-3-5-13(17)8-11)16(20)12-6-7-14(18)15(9-12)21-2/h3-9H,10H2,1-2H3. The average molecular weight is 352 g/mol. The monoisotopic (exact) mass is 351 g/mol. The van der Waals surface area contributed by atoms with Crippen LogP contribution in [0.5, 0.6) is 5.75 Å². The molecule has 5 heteroatoms. The number of halogens is 2. The highest BCUT2D eigenvalue weighted by molar-refractivity contribution is 9.10. The second-order valence-electron chi connectivity index (χ2n) is 4.64. The highest BCUT2D eigenvalue weighted by Gasteiger charge is 2.14. The summed E-state index contributed by atoms with van der Waals surface area (Å²) in [4.78, 5) is 13.9. The minimum Gasteiger partial charge on any atom is -0.494 e. The number of nitrogens with zero attached hydrogens (tertiary/aromatic N) is 1. The van der Waals surface area contributed by atoms with E-state index in [0.717, 1.165) is 10.0 Å². The lowest BCUT2D eigenvalue weighted by Crippen LogP contribution is -2.26. The molecule has 1 amide bonds. The highest BCUT2D eigenvalue weighted by Crippen LogP contribution is 2.20. The topological polar surface area (TPSA) is 29.5 Å². The van der Waals surface area contributed by atoms with Gasteiger partial charge in [0.25, 0.3) is 5.91 Å². The van der Waals surface area contributed by atoms with Gasteiger partial charge in [-0.3, -0.25) is 4.79 Å². The SMILES string of the molecule is COc1cc(C(=O)N(C)Cc2cccc(Br)c2)ccc1F. The van der Waals surface area contributed by atoms with Crippen molar-refractivity contribution in [1.82, 2.24) is 4.90 Å². The summed E-state index contributed by atoms with van der Waals surface area (Å²) in [6, 6.07) is 11.8. The summed E-state index contributed by atoms with van der Waals surface area (Å²) in [5.74, 6) is -0.603. The molecule has 0 atom stereocenters. The van der Waals surface area contributed by atoms with Crippen LogP contribution in [0.4, 0.5) is 4.39 Å². The van der Waals surface area contributed by atoms with Gasteiger partial charge in [-0.15, -0.1) is 0 Å². The van der Waals surface area contributed by atoms with Crippen LogP contribution in [-0.4, -0.2) is 25.0 Å². The van der Waals surface area contributed by atoms with Gasteiger partial charge in [-0.2, -0.15) is 0 Å². The van der Waals surface area contributed by atoms with Crippen LogP contribution in [-0.2, 0) is 6.54 Å². The van der Waals surface area contributed by atoms with Crippen LogP contribution >= 0.6 is 15.9 Å². The van der Waals surface area contributed by atoms with E-state index in [1.807, 2.05) is 24.3 Å². The lowest BCUT2D eigenvalue weighted by Gasteiger charge is -2.18. The van der Waals surface area contributed by atoms with Crippen LogP contribution in [0.25, 0.3) is 0 Å². The third kappa shape index (κ3) is 3.82. The minimum absolute atomic E-state index is 0.0664. The van der Waals surface area contributed by atoms with Crippen molar-refractivity contribution in [3.8, 4) is 5.75 Å². The summed E-state index contributed by atoms with van der Waals surface area (Å²) in [5, 5.41) is 0. The van der Waals surface area contributed by atoms with E-state index < -0.39 is 5.82 Å². The van der Waals surface area contributed by atoms with Crippen LogP contribution in [0.15, 0.2) is 46.9 Å². The van der Waals surface area contributed by atoms with Crippen LogP contribution in [0.2, 0.25) is 0 Å². The fourth-order valence-corrected chi connectivity index (χ4v) is 2.44. The molecule has 2 rings (SSSR count). The Morgan fingerprint density at radius 2 is 2.05 bits per heavy atom. The van der Waals surface area contributed by atoms with Gasteiger partial charge in [-0.25, -0.2) is 4.39 Å². The summed E-state index contributed by atoms with van der Waals surface area (Å²) in [7, 11) is 3.08. The van der Waals surface area contributed by atoms with Crippen LogP contribution < -0.4 is 4.74 Å². The lowest BCUT2D eigenvalue weighted by atomic mass is 10.1. The van der Waals surface area contributed by atoms with Crippen molar-refractivity contribution in [1.29, 1.82) is 0 Å². The Morgan fingerprint density at radius 1 is 1.29 bits per heavy atom. The van der Waals surface area contributed by atoms with Gasteiger partial charge < -0.3 is 9.64 Å². The first kappa shape index (κ1) is 15.5. The van der Waals surface area contributed by atoms with Crippen molar-refractivity contribution in [3.63, 3.8) is 0 Å². The molecule has 0 spiro atoms. The van der Waals surface area contributed by atoms with E-state index in [1.54, 1.807) is 11.9 Å². The molecule has 0 aromatic heterocycles. The maximum absolute atomic E-state index is 13.4. The van der Waals surface area contributed by atoms with Gasteiger partial charge in [0.1, 0.15) is 0 Å². The van der Waals surface area contributed by atoms with E-state index in [0.29, 0.717) is 12.1 Å². The average Bonchev–Trinajstić information content (AvgIpc) is 2.47. The van der Waals surface area contributed by atoms with E-state index in [-0.39, 0.29) is 11.7 Å². The van der Waals surface area contributed by atoms with Gasteiger partial charge in [0.2, 0.25) is 0 Å². The Hall–Kier alpha value is -1.88. The van der Waals surface area contributed by atoms with Gasteiger partial charge >= 0.3 is 0 Å². The molecule has 0 heterocycles. The van der Waals surface area contributed by atoms with E-state index in [2.05, 4.69) is 15.9 Å². The van der Waals surface area contributed by atoms with Gasteiger partial charge in [-0.05, 0) is 35.9 Å². The number of rotatable bonds is 4. The predicted molar refractivity (Wildman–Crippen MR) is 82.9 cm³/mol. The van der Waals surface area contributed by atoms with Crippen LogP contribution in [0, 0.1) is 5.82 Å². The van der Waals surface area contributed by atoms with E-state index in [4.69, 9.17) is 4.74 Å². The molecule has 0 saturated carbocycles. The molecule has 0 radical (unpaired) electrons. The molecule has 0 fully saturated rings. The Balaban J connectivity index is 2.15. The second kappa shape index (κ2) is 6.72. The lowest BCUT2D eigenvalue weighted by molar-refractivity contribution is 0.0784. The molecule has 3 nitrogen and oxygen atoms in total. The van der Waals surface area contributed by atoms with E-state index in [1.165, 1.54) is 25.3 Å². The summed E-state index contributed by atoms with van der Waals surface area (Å²) in [6.07, 6.45) is 0. The van der Waals surface area contributed by atoms with Crippen molar-refractivity contribution in [3.05, 3.63) is 63.9 Å². The third-order valence-corrected chi connectivity index (χ3v) is 3.55. The van der Waals surface area contributed by atoms with Crippen molar-refractivity contribution < 1.29 is 13.9 Å². The van der Waals surface area contributed by atoms with E-state index >= 15 is 0 Å². The van der Waals surface area contributed by atoms with Crippen LogP contribution in [0.1, 0.15) is 15.9 Å². The molecule has 0 aliphatic rings. The largest absolute Gasteiger partial charge is 0.494 e. The zero-order valence-corrected chi connectivity index (χ0v) is 13.4. The van der Waals surface area contributed by atoms with Crippen molar-refractivity contribution in [2.24, 2.45) is 0 Å². The molecule has 0 unspecified atom stereocenters. The number of ether oxygens (including phenoxy) is 1. The number of methoxy groups -OCH3 is 1. The first-order valence-electron chi connectivity index (χ1n) is 6.34. The van der Waals surface area contributed by atoms with Crippen LogP contribution in [0.3, 0.4) is 0 Å². The molecular formula is C16H15BrFNO2. The fourth-order valence-electron chi connectivity index (χ4n) is 1.99. The Bertz CT molecular complexity index is 660. The van der Waals surface area contributed by atoms with Gasteiger partial charge in [0.15, 0.2) is 11.6 Å². The minimum atomic E-state index is -0.483. The zero-order chi connectivity index (χ0) is 15.4. The Labute approximate surface area is 131 Å². The smallest absolute Gasteiger partial charge is 0.254 e.